The Hall–Kier alpha value is -6.52. The van der Waals surface area contributed by atoms with Crippen molar-refractivity contribution < 1.29 is 0 Å². The van der Waals surface area contributed by atoms with Gasteiger partial charge in [0.15, 0.2) is 0 Å². The van der Waals surface area contributed by atoms with Crippen molar-refractivity contribution in [1.29, 1.82) is 0 Å². The molecule has 8 aromatic rings. The lowest BCUT2D eigenvalue weighted by molar-refractivity contribution is 1.33. The highest BCUT2D eigenvalue weighted by molar-refractivity contribution is 6.92. The van der Waals surface area contributed by atoms with Crippen LogP contribution in [0.5, 0.6) is 0 Å². The first kappa shape index (κ1) is 28.5. The van der Waals surface area contributed by atoms with E-state index < -0.39 is 0 Å². The molecule has 3 nitrogen and oxygen atoms in total. The Morgan fingerprint density at radius 2 is 0.720 bits per heavy atom. The Bertz CT molecular complexity index is 2380. The van der Waals surface area contributed by atoms with Crippen molar-refractivity contribution in [1.82, 2.24) is 9.97 Å². The van der Waals surface area contributed by atoms with Crippen molar-refractivity contribution in [2.45, 2.75) is 0 Å². The predicted octanol–water partition coefficient (Wildman–Crippen LogP) is 10.0. The highest BCUT2D eigenvalue weighted by atomic mass is 15.1. The van der Waals surface area contributed by atoms with E-state index in [-0.39, 0.29) is 6.85 Å². The van der Waals surface area contributed by atoms with Crippen LogP contribution in [0, 0.1) is 0 Å². The number of aromatic nitrogens is 2. The number of pyridine rings is 2. The molecule has 2 aliphatic heterocycles. The standard InChI is InChI=1S/C46H30BN3/c1-3-13-43-39(11-1)41-29-37(35-9-5-7-33(27-35)31-19-23-48-24-20-31)15-17-45(41)50-46-18-16-38(30-42(46)40-12-2-4-14-44(40)47(43)50)36-10-6-8-34(28-36)32-21-25-49-26-22-32/h1-30H. The van der Waals surface area contributed by atoms with Crippen LogP contribution in [-0.2, 0) is 0 Å². The van der Waals surface area contributed by atoms with Crippen molar-refractivity contribution in [3.05, 3.63) is 183 Å². The number of benzene rings is 6. The normalized spacial score (nSPS) is 12.3. The minimum atomic E-state index is 0.0733. The summed E-state index contributed by atoms with van der Waals surface area (Å²) in [5, 5.41) is 0. The Morgan fingerprint density at radius 1 is 0.320 bits per heavy atom. The highest BCUT2D eigenvalue weighted by Crippen LogP contribution is 2.48. The second-order valence-corrected chi connectivity index (χ2v) is 13.0. The van der Waals surface area contributed by atoms with E-state index in [0.717, 1.165) is 0 Å². The molecular weight excluding hydrogens is 605 g/mol. The van der Waals surface area contributed by atoms with E-state index >= 15 is 0 Å². The maximum Gasteiger partial charge on any atom is 0.329 e. The number of fused-ring (bicyclic) bond motifs is 11. The second-order valence-electron chi connectivity index (χ2n) is 13.0. The molecule has 10 rings (SSSR count). The quantitative estimate of drug-likeness (QED) is 0.180. The van der Waals surface area contributed by atoms with Gasteiger partial charge >= 0.3 is 6.85 Å². The maximum absolute atomic E-state index is 4.21. The molecule has 50 heavy (non-hydrogen) atoms. The van der Waals surface area contributed by atoms with E-state index in [9.17, 15) is 0 Å². The third-order valence-electron chi connectivity index (χ3n) is 10.3. The second kappa shape index (κ2) is 11.6. The third-order valence-corrected chi connectivity index (χ3v) is 10.3. The van der Waals surface area contributed by atoms with Crippen LogP contribution in [0.1, 0.15) is 0 Å². The van der Waals surface area contributed by atoms with Gasteiger partial charge in [0, 0.05) is 47.3 Å². The minimum Gasteiger partial charge on any atom is -0.376 e. The Kier molecular flexibility index (Phi) is 6.60. The monoisotopic (exact) mass is 635 g/mol. The SMILES string of the molecule is c1cc(-c2ccncc2)cc(-c2ccc3c(c2)-c2ccccc2B2c4ccccc4-c4cc(-c5cccc(-c6ccncc6)c5)ccc4N23)c1. The van der Waals surface area contributed by atoms with Gasteiger partial charge < -0.3 is 4.81 Å². The molecule has 4 heterocycles. The van der Waals surface area contributed by atoms with Gasteiger partial charge in [-0.1, -0.05) is 97.1 Å². The van der Waals surface area contributed by atoms with E-state index in [4.69, 9.17) is 0 Å². The van der Waals surface area contributed by atoms with Gasteiger partial charge in [0.2, 0.25) is 0 Å². The molecule has 2 aromatic heterocycles. The highest BCUT2D eigenvalue weighted by Gasteiger charge is 2.42. The summed E-state index contributed by atoms with van der Waals surface area (Å²) in [7, 11) is 0. The average molecular weight is 636 g/mol. The fourth-order valence-electron chi connectivity index (χ4n) is 7.94. The molecule has 232 valence electrons. The molecule has 4 heteroatoms. The van der Waals surface area contributed by atoms with Crippen LogP contribution >= 0.6 is 0 Å². The molecule has 0 spiro atoms. The van der Waals surface area contributed by atoms with Crippen LogP contribution in [-0.4, -0.2) is 16.8 Å². The molecule has 0 saturated heterocycles. The van der Waals surface area contributed by atoms with Crippen molar-refractivity contribution in [2.24, 2.45) is 0 Å². The lowest BCUT2D eigenvalue weighted by Crippen LogP contribution is -2.59. The van der Waals surface area contributed by atoms with Crippen LogP contribution in [0.3, 0.4) is 0 Å². The number of anilines is 2. The van der Waals surface area contributed by atoms with Crippen LogP contribution in [0.4, 0.5) is 11.4 Å². The summed E-state index contributed by atoms with van der Waals surface area (Å²) in [6.07, 6.45) is 7.41. The van der Waals surface area contributed by atoms with Crippen molar-refractivity contribution in [2.75, 3.05) is 4.81 Å². The molecule has 0 radical (unpaired) electrons. The van der Waals surface area contributed by atoms with Crippen LogP contribution < -0.4 is 15.7 Å². The molecule has 0 N–H and O–H groups in total. The van der Waals surface area contributed by atoms with Gasteiger partial charge in [-0.05, 0) is 127 Å². The smallest absolute Gasteiger partial charge is 0.329 e. The summed E-state index contributed by atoms with van der Waals surface area (Å²) >= 11 is 0. The first-order valence-electron chi connectivity index (χ1n) is 17.1. The van der Waals surface area contributed by atoms with E-state index in [0.29, 0.717) is 0 Å². The Labute approximate surface area is 292 Å². The van der Waals surface area contributed by atoms with Gasteiger partial charge in [-0.25, -0.2) is 0 Å². The molecule has 0 atom stereocenters. The molecule has 2 aliphatic rings. The minimum absolute atomic E-state index is 0.0733. The fraction of sp³-hybridized carbons (Fsp3) is 0. The lowest BCUT2D eigenvalue weighted by Gasteiger charge is -2.43. The molecule has 0 bridgehead atoms. The van der Waals surface area contributed by atoms with Gasteiger partial charge in [-0.3, -0.25) is 9.97 Å². The first-order chi connectivity index (χ1) is 24.8. The zero-order valence-electron chi connectivity index (χ0n) is 27.2. The van der Waals surface area contributed by atoms with Crippen LogP contribution in [0.2, 0.25) is 0 Å². The summed E-state index contributed by atoms with van der Waals surface area (Å²) in [4.78, 5) is 11.0. The number of rotatable bonds is 4. The van der Waals surface area contributed by atoms with Crippen LogP contribution in [0.15, 0.2) is 183 Å². The molecule has 0 fully saturated rings. The number of hydrogen-bond acceptors (Lipinski definition) is 3. The summed E-state index contributed by atoms with van der Waals surface area (Å²) in [6, 6.07) is 57.8. The fourth-order valence-corrected chi connectivity index (χ4v) is 7.94. The third kappa shape index (κ3) is 4.61. The van der Waals surface area contributed by atoms with E-state index in [1.165, 1.54) is 89.1 Å². The average Bonchev–Trinajstić information content (AvgIpc) is 3.21. The van der Waals surface area contributed by atoms with Crippen molar-refractivity contribution >= 4 is 29.1 Å². The largest absolute Gasteiger partial charge is 0.376 e. The van der Waals surface area contributed by atoms with Gasteiger partial charge in [0.1, 0.15) is 0 Å². The predicted molar refractivity (Wildman–Crippen MR) is 208 cm³/mol. The molecular formula is C46H30BN3. The van der Waals surface area contributed by atoms with E-state index in [1.807, 2.05) is 24.8 Å². The maximum atomic E-state index is 4.21. The topological polar surface area (TPSA) is 29.0 Å². The van der Waals surface area contributed by atoms with Crippen molar-refractivity contribution in [3.63, 3.8) is 0 Å². The van der Waals surface area contributed by atoms with Gasteiger partial charge in [0.05, 0.1) is 0 Å². The van der Waals surface area contributed by atoms with Crippen LogP contribution in [0.25, 0.3) is 66.8 Å². The van der Waals surface area contributed by atoms with Gasteiger partial charge in [-0.2, -0.15) is 0 Å². The van der Waals surface area contributed by atoms with E-state index in [2.05, 4.69) is 173 Å². The van der Waals surface area contributed by atoms with Gasteiger partial charge in [0.25, 0.3) is 0 Å². The molecule has 6 aromatic carbocycles. The summed E-state index contributed by atoms with van der Waals surface area (Å²) in [6.45, 7) is 0.0733. The number of hydrogen-bond donors (Lipinski definition) is 0. The Balaban J connectivity index is 1.13. The summed E-state index contributed by atoms with van der Waals surface area (Å²) in [5.74, 6) is 0. The molecule has 0 amide bonds. The summed E-state index contributed by atoms with van der Waals surface area (Å²) < 4.78 is 0. The molecule has 0 unspecified atom stereocenters. The lowest BCUT2D eigenvalue weighted by atomic mass is 9.43. The number of nitrogens with zero attached hydrogens (tertiary/aromatic N) is 3. The zero-order chi connectivity index (χ0) is 33.0. The van der Waals surface area contributed by atoms with Crippen molar-refractivity contribution in [3.8, 4) is 66.8 Å². The Morgan fingerprint density at radius 3 is 1.18 bits per heavy atom. The first-order valence-corrected chi connectivity index (χ1v) is 17.1. The van der Waals surface area contributed by atoms with Gasteiger partial charge in [-0.15, -0.1) is 0 Å². The molecule has 0 saturated carbocycles. The summed E-state index contributed by atoms with van der Waals surface area (Å²) in [5.41, 5.74) is 19.7. The zero-order valence-corrected chi connectivity index (χ0v) is 27.2. The molecule has 0 aliphatic carbocycles. The van der Waals surface area contributed by atoms with E-state index in [1.54, 1.807) is 0 Å².